The molecule has 0 aliphatic heterocycles. The molecule has 2 N–H and O–H groups in total. The summed E-state index contributed by atoms with van der Waals surface area (Å²) in [5.41, 5.74) is 0. The Morgan fingerprint density at radius 2 is 2.00 bits per heavy atom. The summed E-state index contributed by atoms with van der Waals surface area (Å²) in [7, 11) is 0. The van der Waals surface area contributed by atoms with Gasteiger partial charge in [-0.1, -0.05) is 19.1 Å². The fourth-order valence-corrected chi connectivity index (χ4v) is 0.746. The molecule has 0 aromatic carbocycles. The Bertz CT molecular complexity index is 99.4. The standard InChI is InChI=1S/C8H16O2/c1-3-5-8(10)6-7(9)4-2/h3,5,7-10H,4,6H2,1-2H3/b5-3+. The van der Waals surface area contributed by atoms with Crippen molar-refractivity contribution in [1.29, 1.82) is 0 Å². The SMILES string of the molecule is C/C=C/C(O)CC(O)CC. The van der Waals surface area contributed by atoms with Crippen molar-refractivity contribution in [2.45, 2.75) is 38.9 Å². The minimum absolute atomic E-state index is 0.369. The second-order valence-electron chi connectivity index (χ2n) is 2.39. The fourth-order valence-electron chi connectivity index (χ4n) is 0.746. The van der Waals surface area contributed by atoms with Crippen LogP contribution in [0, 0.1) is 0 Å². The van der Waals surface area contributed by atoms with Gasteiger partial charge in [-0.3, -0.25) is 0 Å². The van der Waals surface area contributed by atoms with Crippen LogP contribution in [-0.4, -0.2) is 22.4 Å². The number of rotatable bonds is 4. The molecule has 2 nitrogen and oxygen atoms in total. The first-order valence-corrected chi connectivity index (χ1v) is 3.69. The van der Waals surface area contributed by atoms with E-state index in [0.29, 0.717) is 12.8 Å². The highest BCUT2D eigenvalue weighted by atomic mass is 16.3. The molecule has 0 saturated carbocycles. The molecule has 2 heteroatoms. The van der Waals surface area contributed by atoms with Gasteiger partial charge in [0.05, 0.1) is 12.2 Å². The van der Waals surface area contributed by atoms with E-state index in [1.54, 1.807) is 12.2 Å². The van der Waals surface area contributed by atoms with Crippen molar-refractivity contribution in [2.75, 3.05) is 0 Å². The van der Waals surface area contributed by atoms with Gasteiger partial charge in [-0.2, -0.15) is 0 Å². The lowest BCUT2D eigenvalue weighted by Crippen LogP contribution is -2.14. The first kappa shape index (κ1) is 9.66. The van der Waals surface area contributed by atoms with Gasteiger partial charge >= 0.3 is 0 Å². The van der Waals surface area contributed by atoms with Gasteiger partial charge in [0.15, 0.2) is 0 Å². The maximum atomic E-state index is 9.10. The molecule has 0 rings (SSSR count). The van der Waals surface area contributed by atoms with Gasteiger partial charge < -0.3 is 10.2 Å². The molecule has 0 saturated heterocycles. The average Bonchev–Trinajstić information content (AvgIpc) is 1.88. The Balaban J connectivity index is 3.46. The number of hydrogen-bond acceptors (Lipinski definition) is 2. The van der Waals surface area contributed by atoms with E-state index in [4.69, 9.17) is 10.2 Å². The molecule has 60 valence electrons. The minimum Gasteiger partial charge on any atom is -0.393 e. The van der Waals surface area contributed by atoms with E-state index in [1.807, 2.05) is 13.8 Å². The summed E-state index contributed by atoms with van der Waals surface area (Å²) in [4.78, 5) is 0. The van der Waals surface area contributed by atoms with Crippen LogP contribution in [0.15, 0.2) is 12.2 Å². The molecular weight excluding hydrogens is 128 g/mol. The van der Waals surface area contributed by atoms with Crippen molar-refractivity contribution in [3.05, 3.63) is 12.2 Å². The van der Waals surface area contributed by atoms with Gasteiger partial charge in [-0.25, -0.2) is 0 Å². The van der Waals surface area contributed by atoms with Gasteiger partial charge in [0.2, 0.25) is 0 Å². The van der Waals surface area contributed by atoms with Gasteiger partial charge in [0.1, 0.15) is 0 Å². The lowest BCUT2D eigenvalue weighted by molar-refractivity contribution is 0.101. The maximum absolute atomic E-state index is 9.10. The lowest BCUT2D eigenvalue weighted by Gasteiger charge is -2.09. The highest BCUT2D eigenvalue weighted by Gasteiger charge is 2.05. The van der Waals surface area contributed by atoms with Crippen molar-refractivity contribution in [3.63, 3.8) is 0 Å². The Hall–Kier alpha value is -0.340. The third kappa shape index (κ3) is 4.53. The van der Waals surface area contributed by atoms with E-state index in [1.165, 1.54) is 0 Å². The topological polar surface area (TPSA) is 40.5 Å². The average molecular weight is 144 g/mol. The van der Waals surface area contributed by atoms with E-state index in [-0.39, 0.29) is 6.10 Å². The zero-order valence-corrected chi connectivity index (χ0v) is 6.62. The van der Waals surface area contributed by atoms with Gasteiger partial charge in [-0.05, 0) is 13.3 Å². The summed E-state index contributed by atoms with van der Waals surface area (Å²) in [6, 6.07) is 0. The van der Waals surface area contributed by atoms with E-state index >= 15 is 0 Å². The molecule has 0 spiro atoms. The van der Waals surface area contributed by atoms with Crippen LogP contribution in [0.5, 0.6) is 0 Å². The quantitative estimate of drug-likeness (QED) is 0.580. The molecule has 0 amide bonds. The second kappa shape index (κ2) is 5.45. The Labute approximate surface area is 62.2 Å². The van der Waals surface area contributed by atoms with E-state index in [2.05, 4.69) is 0 Å². The maximum Gasteiger partial charge on any atom is 0.0745 e. The third-order valence-electron chi connectivity index (χ3n) is 1.40. The molecule has 0 aromatic heterocycles. The van der Waals surface area contributed by atoms with Crippen LogP contribution >= 0.6 is 0 Å². The summed E-state index contributed by atoms with van der Waals surface area (Å²) in [5, 5.41) is 18.2. The molecule has 0 fully saturated rings. The highest BCUT2D eigenvalue weighted by Crippen LogP contribution is 2.02. The van der Waals surface area contributed by atoms with Gasteiger partial charge in [0, 0.05) is 6.42 Å². The van der Waals surface area contributed by atoms with Gasteiger partial charge in [-0.15, -0.1) is 0 Å². The molecular formula is C8H16O2. The second-order valence-corrected chi connectivity index (χ2v) is 2.39. The number of aliphatic hydroxyl groups is 2. The smallest absolute Gasteiger partial charge is 0.0745 e. The summed E-state index contributed by atoms with van der Waals surface area (Å²) in [6.07, 6.45) is 3.76. The number of aliphatic hydroxyl groups excluding tert-OH is 2. The third-order valence-corrected chi connectivity index (χ3v) is 1.40. The molecule has 0 aliphatic carbocycles. The normalized spacial score (nSPS) is 17.6. The van der Waals surface area contributed by atoms with Crippen LogP contribution in [-0.2, 0) is 0 Å². The molecule has 2 unspecified atom stereocenters. The zero-order valence-electron chi connectivity index (χ0n) is 6.62. The number of hydrogen-bond donors (Lipinski definition) is 2. The van der Waals surface area contributed by atoms with Crippen LogP contribution in [0.2, 0.25) is 0 Å². The predicted octanol–water partition coefficient (Wildman–Crippen LogP) is 1.08. The molecule has 2 atom stereocenters. The predicted molar refractivity (Wildman–Crippen MR) is 41.7 cm³/mol. The summed E-state index contributed by atoms with van der Waals surface area (Å²) in [5.74, 6) is 0. The molecule has 0 bridgehead atoms. The lowest BCUT2D eigenvalue weighted by atomic mass is 10.1. The minimum atomic E-state index is -0.486. The zero-order chi connectivity index (χ0) is 7.98. The van der Waals surface area contributed by atoms with Crippen molar-refractivity contribution in [1.82, 2.24) is 0 Å². The van der Waals surface area contributed by atoms with E-state index in [9.17, 15) is 0 Å². The highest BCUT2D eigenvalue weighted by molar-refractivity contribution is 4.86. The summed E-state index contributed by atoms with van der Waals surface area (Å²) >= 11 is 0. The Morgan fingerprint density at radius 3 is 2.40 bits per heavy atom. The summed E-state index contributed by atoms with van der Waals surface area (Å²) in [6.45, 7) is 3.74. The first-order chi connectivity index (χ1) is 4.70. The monoisotopic (exact) mass is 144 g/mol. The van der Waals surface area contributed by atoms with Crippen molar-refractivity contribution < 1.29 is 10.2 Å². The largest absolute Gasteiger partial charge is 0.393 e. The van der Waals surface area contributed by atoms with E-state index in [0.717, 1.165) is 0 Å². The van der Waals surface area contributed by atoms with Crippen molar-refractivity contribution >= 4 is 0 Å². The molecule has 0 aliphatic rings. The van der Waals surface area contributed by atoms with Crippen LogP contribution in [0.3, 0.4) is 0 Å². The Morgan fingerprint density at radius 1 is 1.40 bits per heavy atom. The molecule has 0 radical (unpaired) electrons. The van der Waals surface area contributed by atoms with Crippen LogP contribution in [0.25, 0.3) is 0 Å². The van der Waals surface area contributed by atoms with Crippen LogP contribution in [0.1, 0.15) is 26.7 Å². The summed E-state index contributed by atoms with van der Waals surface area (Å²) < 4.78 is 0. The fraction of sp³-hybridized carbons (Fsp3) is 0.750. The Kier molecular flexibility index (Phi) is 5.26. The van der Waals surface area contributed by atoms with Gasteiger partial charge in [0.25, 0.3) is 0 Å². The molecule has 10 heavy (non-hydrogen) atoms. The number of allylic oxidation sites excluding steroid dienone is 1. The molecule has 0 aromatic rings. The van der Waals surface area contributed by atoms with Crippen LogP contribution in [0.4, 0.5) is 0 Å². The van der Waals surface area contributed by atoms with Crippen molar-refractivity contribution in [3.8, 4) is 0 Å². The van der Waals surface area contributed by atoms with E-state index < -0.39 is 6.10 Å². The molecule has 0 heterocycles. The van der Waals surface area contributed by atoms with Crippen molar-refractivity contribution in [2.24, 2.45) is 0 Å². The first-order valence-electron chi connectivity index (χ1n) is 3.69. The van der Waals surface area contributed by atoms with Crippen LogP contribution < -0.4 is 0 Å².